The summed E-state index contributed by atoms with van der Waals surface area (Å²) in [7, 11) is 3.55. The van der Waals surface area contributed by atoms with E-state index in [0.717, 1.165) is 22.5 Å². The molecule has 0 saturated heterocycles. The summed E-state index contributed by atoms with van der Waals surface area (Å²) in [5.41, 5.74) is 1.39. The largest absolute Gasteiger partial charge is 0.497 e. The third kappa shape index (κ3) is 7.54. The van der Waals surface area contributed by atoms with Crippen molar-refractivity contribution in [1.29, 1.82) is 0 Å². The third-order valence-corrected chi connectivity index (χ3v) is 4.55. The maximum atomic E-state index is 11.7. The number of carbonyl (C=O) groups excluding carboxylic acids is 1. The van der Waals surface area contributed by atoms with Gasteiger partial charge in [0.05, 0.1) is 12.8 Å². The fraction of sp³-hybridized carbons (Fsp3) is 0.320. The van der Waals surface area contributed by atoms with Crippen molar-refractivity contribution in [3.8, 4) is 5.75 Å². The maximum Gasteiger partial charge on any atom is 0.408 e. The van der Waals surface area contributed by atoms with Crippen LogP contribution < -0.4 is 20.6 Å². The van der Waals surface area contributed by atoms with Crippen molar-refractivity contribution in [3.05, 3.63) is 65.0 Å². The summed E-state index contributed by atoms with van der Waals surface area (Å²) in [6.45, 7) is 6.49. The lowest BCUT2D eigenvalue weighted by atomic mass is 10.1. The Labute approximate surface area is 197 Å². The second-order valence-electron chi connectivity index (χ2n) is 8.41. The van der Waals surface area contributed by atoms with Gasteiger partial charge in [0, 0.05) is 24.2 Å². The number of rotatable bonds is 5. The van der Waals surface area contributed by atoms with E-state index in [1.807, 2.05) is 54.4 Å². The molecule has 3 aromatic rings. The monoisotopic (exact) mass is 470 g/mol. The van der Waals surface area contributed by atoms with Crippen LogP contribution in [0.1, 0.15) is 27.7 Å². The zero-order valence-electron chi connectivity index (χ0n) is 20.1. The van der Waals surface area contributed by atoms with Gasteiger partial charge in [0.1, 0.15) is 23.0 Å². The van der Waals surface area contributed by atoms with Crippen LogP contribution >= 0.6 is 0 Å². The minimum Gasteiger partial charge on any atom is -0.497 e. The van der Waals surface area contributed by atoms with E-state index in [4.69, 9.17) is 19.0 Å². The van der Waals surface area contributed by atoms with Gasteiger partial charge in [-0.1, -0.05) is 12.1 Å². The molecule has 0 radical (unpaired) electrons. The standard InChI is InChI=1S/C17H15NO3.C8H15NO4/c1-18(12-7-9-13(20-2)10-8-12)15-11-17(19)21-16-6-4-3-5-14(15)16;1-5(6(10)11)9-7(12)13-8(2,3)4/h3-11H,1-2H3;5H,1-4H3,(H,9,12)(H,10,11)/t;5-/m.0/s1. The number of nitrogens with zero attached hydrogens (tertiary/aromatic N) is 1. The lowest BCUT2D eigenvalue weighted by Crippen LogP contribution is -2.41. The zero-order chi connectivity index (χ0) is 25.5. The highest BCUT2D eigenvalue weighted by molar-refractivity contribution is 5.92. The van der Waals surface area contributed by atoms with Crippen molar-refractivity contribution in [3.63, 3.8) is 0 Å². The van der Waals surface area contributed by atoms with Crippen LogP contribution in [0.3, 0.4) is 0 Å². The van der Waals surface area contributed by atoms with Crippen LogP contribution in [0, 0.1) is 0 Å². The van der Waals surface area contributed by atoms with Crippen LogP contribution in [0.5, 0.6) is 5.75 Å². The minimum atomic E-state index is -1.09. The first-order chi connectivity index (χ1) is 15.9. The van der Waals surface area contributed by atoms with E-state index in [0.29, 0.717) is 5.58 Å². The molecule has 0 aliphatic rings. The lowest BCUT2D eigenvalue weighted by molar-refractivity contribution is -0.139. The fourth-order valence-corrected chi connectivity index (χ4v) is 2.86. The van der Waals surface area contributed by atoms with Crippen molar-refractivity contribution in [2.75, 3.05) is 19.1 Å². The quantitative estimate of drug-likeness (QED) is 0.521. The molecular formula is C25H30N2O7. The highest BCUT2D eigenvalue weighted by atomic mass is 16.6. The SMILES string of the molecule is COc1ccc(N(C)c2cc(=O)oc3ccccc23)cc1.C[C@H](NC(=O)OC(C)(C)C)C(=O)O. The number of aliphatic carboxylic acids is 1. The molecule has 0 spiro atoms. The highest BCUT2D eigenvalue weighted by Crippen LogP contribution is 2.30. The van der Waals surface area contributed by atoms with Gasteiger partial charge in [-0.15, -0.1) is 0 Å². The predicted molar refractivity (Wildman–Crippen MR) is 130 cm³/mol. The molecule has 9 heteroatoms. The summed E-state index contributed by atoms with van der Waals surface area (Å²) in [5, 5.41) is 11.5. The van der Waals surface area contributed by atoms with Gasteiger partial charge in [-0.3, -0.25) is 4.79 Å². The van der Waals surface area contributed by atoms with E-state index in [1.165, 1.54) is 13.0 Å². The molecule has 34 heavy (non-hydrogen) atoms. The number of hydrogen-bond donors (Lipinski definition) is 2. The first-order valence-electron chi connectivity index (χ1n) is 10.5. The lowest BCUT2D eigenvalue weighted by Gasteiger charge is -2.20. The molecule has 0 saturated carbocycles. The molecule has 0 fully saturated rings. The summed E-state index contributed by atoms with van der Waals surface area (Å²) in [6.07, 6.45) is -0.720. The Kier molecular flexibility index (Phi) is 8.66. The van der Waals surface area contributed by atoms with Crippen LogP contribution in [0.4, 0.5) is 16.2 Å². The number of anilines is 2. The van der Waals surface area contributed by atoms with Crippen LogP contribution in [0.2, 0.25) is 0 Å². The van der Waals surface area contributed by atoms with E-state index in [2.05, 4.69) is 5.32 Å². The maximum absolute atomic E-state index is 11.7. The summed E-state index contributed by atoms with van der Waals surface area (Å²) < 4.78 is 15.2. The van der Waals surface area contributed by atoms with Crippen molar-refractivity contribution < 1.29 is 28.6 Å². The van der Waals surface area contributed by atoms with E-state index >= 15 is 0 Å². The Balaban J connectivity index is 0.000000273. The van der Waals surface area contributed by atoms with E-state index in [9.17, 15) is 14.4 Å². The molecule has 0 aliphatic carbocycles. The number of methoxy groups -OCH3 is 1. The molecule has 0 bridgehead atoms. The summed E-state index contributed by atoms with van der Waals surface area (Å²) >= 11 is 0. The number of nitrogens with one attached hydrogen (secondary N) is 1. The van der Waals surface area contributed by atoms with Gasteiger partial charge in [-0.05, 0) is 64.1 Å². The minimum absolute atomic E-state index is 0.357. The molecule has 2 aromatic carbocycles. The normalized spacial score (nSPS) is 11.6. The van der Waals surface area contributed by atoms with E-state index < -0.39 is 23.7 Å². The van der Waals surface area contributed by atoms with E-state index in [-0.39, 0.29) is 5.63 Å². The van der Waals surface area contributed by atoms with Gasteiger partial charge in [0.25, 0.3) is 0 Å². The second-order valence-corrected chi connectivity index (χ2v) is 8.41. The number of para-hydroxylation sites is 1. The molecule has 0 unspecified atom stereocenters. The van der Waals surface area contributed by atoms with Gasteiger partial charge >= 0.3 is 17.7 Å². The number of alkyl carbamates (subject to hydrolysis) is 1. The second kappa shape index (κ2) is 11.2. The summed E-state index contributed by atoms with van der Waals surface area (Å²) in [5.74, 6) is -0.296. The van der Waals surface area contributed by atoms with Crippen LogP contribution in [0.15, 0.2) is 63.8 Å². The first-order valence-corrected chi connectivity index (χ1v) is 10.5. The van der Waals surface area contributed by atoms with Gasteiger partial charge < -0.3 is 29.2 Å². The number of benzene rings is 2. The van der Waals surface area contributed by atoms with Crippen LogP contribution in [0.25, 0.3) is 11.0 Å². The van der Waals surface area contributed by atoms with Crippen LogP contribution in [-0.2, 0) is 9.53 Å². The van der Waals surface area contributed by atoms with Crippen LogP contribution in [-0.4, -0.2) is 43.0 Å². The Hall–Kier alpha value is -4.01. The zero-order valence-corrected chi connectivity index (χ0v) is 20.1. The Morgan fingerprint density at radius 3 is 2.26 bits per heavy atom. The first kappa shape index (κ1) is 26.2. The average molecular weight is 471 g/mol. The van der Waals surface area contributed by atoms with Gasteiger partial charge in [0.2, 0.25) is 0 Å². The fourth-order valence-electron chi connectivity index (χ4n) is 2.86. The molecule has 182 valence electrons. The predicted octanol–water partition coefficient (Wildman–Crippen LogP) is 4.55. The van der Waals surface area contributed by atoms with Gasteiger partial charge in [0.15, 0.2) is 0 Å². The van der Waals surface area contributed by atoms with Crippen molar-refractivity contribution >= 4 is 34.4 Å². The topological polar surface area (TPSA) is 118 Å². The molecule has 1 atom stereocenters. The smallest absolute Gasteiger partial charge is 0.408 e. The average Bonchev–Trinajstić information content (AvgIpc) is 2.77. The summed E-state index contributed by atoms with van der Waals surface area (Å²) in [4.78, 5) is 35.0. The van der Waals surface area contributed by atoms with Crippen molar-refractivity contribution in [2.45, 2.75) is 39.3 Å². The van der Waals surface area contributed by atoms with Gasteiger partial charge in [-0.25, -0.2) is 9.59 Å². The molecule has 0 aliphatic heterocycles. The molecule has 1 aromatic heterocycles. The highest BCUT2D eigenvalue weighted by Gasteiger charge is 2.20. The number of carbonyl (C=O) groups is 2. The number of carboxylic acid groups (broad SMARTS) is 1. The molecular weight excluding hydrogens is 440 g/mol. The van der Waals surface area contributed by atoms with Gasteiger partial charge in [-0.2, -0.15) is 0 Å². The molecule has 1 amide bonds. The number of carboxylic acids is 1. The van der Waals surface area contributed by atoms with E-state index in [1.54, 1.807) is 33.9 Å². The molecule has 9 nitrogen and oxygen atoms in total. The Morgan fingerprint density at radius 2 is 1.71 bits per heavy atom. The number of amides is 1. The third-order valence-electron chi connectivity index (χ3n) is 4.55. The van der Waals surface area contributed by atoms with Crippen molar-refractivity contribution in [1.82, 2.24) is 5.32 Å². The molecule has 3 rings (SSSR count). The number of hydrogen-bond acceptors (Lipinski definition) is 7. The Bertz CT molecular complexity index is 1180. The Morgan fingerprint density at radius 1 is 1.09 bits per heavy atom. The molecule has 1 heterocycles. The number of ether oxygens (including phenoxy) is 2. The molecule has 2 N–H and O–H groups in total. The summed E-state index contributed by atoms with van der Waals surface area (Å²) in [6, 6.07) is 15.7. The van der Waals surface area contributed by atoms with Crippen molar-refractivity contribution in [2.24, 2.45) is 0 Å². The number of fused-ring (bicyclic) bond motifs is 1.